The fourth-order valence-electron chi connectivity index (χ4n) is 4.05. The van der Waals surface area contributed by atoms with E-state index in [0.717, 1.165) is 0 Å². The number of nitrogens with two attached hydrogens (primary N) is 1. The predicted octanol–water partition coefficient (Wildman–Crippen LogP) is 2.68. The first-order chi connectivity index (χ1) is 16.3. The van der Waals surface area contributed by atoms with E-state index in [0.29, 0.717) is 23.1 Å². The number of ether oxygens (including phenoxy) is 4. The van der Waals surface area contributed by atoms with Crippen molar-refractivity contribution in [3.8, 4) is 0 Å². The summed E-state index contributed by atoms with van der Waals surface area (Å²) in [5.41, 5.74) is 7.17. The molecular formula is C24H26N2O8. The van der Waals surface area contributed by atoms with Crippen LogP contribution in [0.25, 0.3) is 5.57 Å². The van der Waals surface area contributed by atoms with Gasteiger partial charge in [0.15, 0.2) is 0 Å². The molecule has 2 aliphatic rings. The van der Waals surface area contributed by atoms with Gasteiger partial charge >= 0.3 is 18.2 Å². The van der Waals surface area contributed by atoms with Crippen molar-refractivity contribution in [3.63, 3.8) is 0 Å². The first kappa shape index (κ1) is 24.6. The van der Waals surface area contributed by atoms with Gasteiger partial charge in [-0.3, -0.25) is 4.79 Å². The molecule has 0 aliphatic carbocycles. The van der Waals surface area contributed by atoms with Gasteiger partial charge in [-0.15, -0.1) is 0 Å². The molecule has 1 aromatic rings. The zero-order valence-corrected chi connectivity index (χ0v) is 18.7. The fourth-order valence-corrected chi connectivity index (χ4v) is 4.05. The standard InChI is InChI=1S/C24H26N2O8/c1-4-10-31-22(28)20-17(16-8-6-15(7-9-16)13-33-23(25)29)12-18-19(21(27)26(18)20)14(3)34-24(30)32-11-5-2/h4-9,14,18-19H,1-2,10-13H2,3H3,(H2,25,29)/t14-,18-,19-/m1/s1. The first-order valence-corrected chi connectivity index (χ1v) is 10.6. The number of carbonyl (C=O) groups is 4. The molecule has 0 unspecified atom stereocenters. The van der Waals surface area contributed by atoms with Crippen molar-refractivity contribution in [1.29, 1.82) is 0 Å². The summed E-state index contributed by atoms with van der Waals surface area (Å²) in [6, 6.07) is 6.60. The lowest BCUT2D eigenvalue weighted by Crippen LogP contribution is -2.62. The van der Waals surface area contributed by atoms with Gasteiger partial charge in [-0.1, -0.05) is 49.6 Å². The highest BCUT2D eigenvalue weighted by Crippen LogP contribution is 2.47. The van der Waals surface area contributed by atoms with Gasteiger partial charge in [-0.25, -0.2) is 14.4 Å². The van der Waals surface area contributed by atoms with Crippen LogP contribution in [0.1, 0.15) is 24.5 Å². The van der Waals surface area contributed by atoms with Crippen molar-refractivity contribution in [1.82, 2.24) is 4.90 Å². The maximum Gasteiger partial charge on any atom is 0.508 e. The molecule has 10 heteroatoms. The monoisotopic (exact) mass is 470 g/mol. The Morgan fingerprint density at radius 1 is 1.12 bits per heavy atom. The molecule has 1 fully saturated rings. The van der Waals surface area contributed by atoms with Gasteiger partial charge in [0.1, 0.15) is 31.6 Å². The number of fused-ring (bicyclic) bond motifs is 1. The van der Waals surface area contributed by atoms with Gasteiger partial charge in [0.05, 0.1) is 12.0 Å². The van der Waals surface area contributed by atoms with E-state index in [2.05, 4.69) is 13.2 Å². The van der Waals surface area contributed by atoms with Crippen LogP contribution >= 0.6 is 0 Å². The second-order valence-electron chi connectivity index (χ2n) is 7.70. The fraction of sp³-hybridized carbons (Fsp3) is 0.333. The van der Waals surface area contributed by atoms with Crippen LogP contribution in [-0.4, -0.2) is 54.4 Å². The van der Waals surface area contributed by atoms with Crippen LogP contribution in [0.2, 0.25) is 0 Å². The molecule has 3 atom stereocenters. The molecule has 0 bridgehead atoms. The minimum atomic E-state index is -0.899. The number of amides is 2. The quantitative estimate of drug-likeness (QED) is 0.239. The molecule has 2 heterocycles. The minimum absolute atomic E-state index is 0.00874. The molecular weight excluding hydrogens is 444 g/mol. The first-order valence-electron chi connectivity index (χ1n) is 10.6. The number of hydrogen-bond donors (Lipinski definition) is 1. The minimum Gasteiger partial charge on any atom is -0.457 e. The highest BCUT2D eigenvalue weighted by atomic mass is 16.7. The number of esters is 1. The summed E-state index contributed by atoms with van der Waals surface area (Å²) in [6.45, 7) is 8.60. The Kier molecular flexibility index (Phi) is 7.72. The van der Waals surface area contributed by atoms with Crippen molar-refractivity contribution >= 4 is 29.7 Å². The van der Waals surface area contributed by atoms with Gasteiger partial charge in [0.25, 0.3) is 0 Å². The molecule has 2 N–H and O–H groups in total. The van der Waals surface area contributed by atoms with E-state index < -0.39 is 30.2 Å². The van der Waals surface area contributed by atoms with Crippen molar-refractivity contribution in [2.24, 2.45) is 11.7 Å². The lowest BCUT2D eigenvalue weighted by atomic mass is 9.82. The van der Waals surface area contributed by atoms with E-state index in [9.17, 15) is 19.2 Å². The van der Waals surface area contributed by atoms with Gasteiger partial charge in [-0.2, -0.15) is 0 Å². The number of primary amides is 1. The summed E-state index contributed by atoms with van der Waals surface area (Å²) in [6.07, 6.45) is 0.661. The van der Waals surface area contributed by atoms with Gasteiger partial charge < -0.3 is 29.6 Å². The molecule has 1 aromatic carbocycles. The predicted molar refractivity (Wildman–Crippen MR) is 120 cm³/mol. The number of β-lactam (4-membered cyclic amide) rings is 1. The normalized spacial score (nSPS) is 19.4. The molecule has 0 radical (unpaired) electrons. The van der Waals surface area contributed by atoms with Crippen LogP contribution in [0.15, 0.2) is 55.3 Å². The number of rotatable bonds is 10. The van der Waals surface area contributed by atoms with Crippen LogP contribution in [0.4, 0.5) is 9.59 Å². The third-order valence-electron chi connectivity index (χ3n) is 5.52. The Morgan fingerprint density at radius 2 is 1.76 bits per heavy atom. The average molecular weight is 470 g/mol. The maximum absolute atomic E-state index is 13.0. The Morgan fingerprint density at radius 3 is 2.38 bits per heavy atom. The highest BCUT2D eigenvalue weighted by Gasteiger charge is 2.58. The molecule has 1 saturated heterocycles. The summed E-state index contributed by atoms with van der Waals surface area (Å²) in [5, 5.41) is 0. The SMILES string of the molecule is C=CCOC(=O)O[C@H](C)[C@H]1C(=O)N2C(C(=O)OCC=C)=C(c3ccc(COC(N)=O)cc3)C[C@H]12. The number of nitrogens with zero attached hydrogens (tertiary/aromatic N) is 1. The molecule has 2 aliphatic heterocycles. The Hall–Kier alpha value is -4.08. The largest absolute Gasteiger partial charge is 0.508 e. The molecule has 2 amide bonds. The van der Waals surface area contributed by atoms with Crippen molar-refractivity contribution in [3.05, 3.63) is 66.4 Å². The van der Waals surface area contributed by atoms with Crippen LogP contribution in [-0.2, 0) is 35.1 Å². The lowest BCUT2D eigenvalue weighted by Gasteiger charge is -2.45. The maximum atomic E-state index is 13.0. The number of benzene rings is 1. The Bertz CT molecular complexity index is 1030. The Balaban J connectivity index is 1.82. The summed E-state index contributed by atoms with van der Waals surface area (Å²) in [7, 11) is 0. The Labute approximate surface area is 196 Å². The topological polar surface area (TPSA) is 134 Å². The molecule has 180 valence electrons. The van der Waals surface area contributed by atoms with E-state index in [1.165, 1.54) is 17.1 Å². The summed E-state index contributed by atoms with van der Waals surface area (Å²) < 4.78 is 20.1. The summed E-state index contributed by atoms with van der Waals surface area (Å²) in [4.78, 5) is 49.9. The lowest BCUT2D eigenvalue weighted by molar-refractivity contribution is -0.162. The van der Waals surface area contributed by atoms with E-state index in [1.54, 1.807) is 31.2 Å². The molecule has 10 nitrogen and oxygen atoms in total. The van der Waals surface area contributed by atoms with Crippen LogP contribution in [0.3, 0.4) is 0 Å². The second-order valence-corrected chi connectivity index (χ2v) is 7.70. The average Bonchev–Trinajstić information content (AvgIpc) is 3.15. The smallest absolute Gasteiger partial charge is 0.457 e. The highest BCUT2D eigenvalue weighted by molar-refractivity contribution is 6.06. The van der Waals surface area contributed by atoms with Crippen molar-refractivity contribution < 1.29 is 38.1 Å². The van der Waals surface area contributed by atoms with Crippen molar-refractivity contribution in [2.75, 3.05) is 13.2 Å². The zero-order valence-electron chi connectivity index (χ0n) is 18.7. The van der Waals surface area contributed by atoms with Crippen molar-refractivity contribution in [2.45, 2.75) is 32.1 Å². The van der Waals surface area contributed by atoms with Crippen LogP contribution in [0.5, 0.6) is 0 Å². The number of carbonyl (C=O) groups excluding carboxylic acids is 4. The van der Waals surface area contributed by atoms with E-state index in [4.69, 9.17) is 24.7 Å². The molecule has 34 heavy (non-hydrogen) atoms. The van der Waals surface area contributed by atoms with E-state index >= 15 is 0 Å². The van der Waals surface area contributed by atoms with Crippen LogP contribution < -0.4 is 5.73 Å². The number of hydrogen-bond acceptors (Lipinski definition) is 8. The van der Waals surface area contributed by atoms with Gasteiger partial charge in [0.2, 0.25) is 5.91 Å². The third kappa shape index (κ3) is 5.11. The zero-order chi connectivity index (χ0) is 24.8. The third-order valence-corrected chi connectivity index (χ3v) is 5.52. The molecule has 0 aromatic heterocycles. The molecule has 0 saturated carbocycles. The summed E-state index contributed by atoms with van der Waals surface area (Å²) >= 11 is 0. The van der Waals surface area contributed by atoms with Crippen LogP contribution in [0, 0.1) is 5.92 Å². The molecule has 3 rings (SSSR count). The van der Waals surface area contributed by atoms with E-state index in [1.807, 2.05) is 0 Å². The van der Waals surface area contributed by atoms with Gasteiger partial charge in [-0.05, 0) is 30.0 Å². The van der Waals surface area contributed by atoms with E-state index in [-0.39, 0.29) is 37.5 Å². The second kappa shape index (κ2) is 10.7. The summed E-state index contributed by atoms with van der Waals surface area (Å²) in [5.74, 6) is -1.63. The molecule has 0 spiro atoms. The van der Waals surface area contributed by atoms with Gasteiger partial charge in [0, 0.05) is 0 Å².